The summed E-state index contributed by atoms with van der Waals surface area (Å²) in [5.41, 5.74) is 5.30. The number of nitrogens with one attached hydrogen (secondary N) is 3. The lowest BCUT2D eigenvalue weighted by molar-refractivity contribution is -0.121. The lowest BCUT2D eigenvalue weighted by Crippen LogP contribution is -2.36. The monoisotopic (exact) mass is 330 g/mol. The van der Waals surface area contributed by atoms with Gasteiger partial charge in [-0.2, -0.15) is 11.8 Å². The highest BCUT2D eigenvalue weighted by Crippen LogP contribution is 2.33. The molecule has 2 saturated heterocycles. The van der Waals surface area contributed by atoms with Crippen LogP contribution in [0.2, 0.25) is 0 Å². The second kappa shape index (κ2) is 9.22. The van der Waals surface area contributed by atoms with Crippen molar-refractivity contribution in [2.75, 3.05) is 32.1 Å². The summed E-state index contributed by atoms with van der Waals surface area (Å²) in [5, 5.41) is 9.23. The van der Waals surface area contributed by atoms with Gasteiger partial charge in [0.25, 0.3) is 0 Å². The zero-order chi connectivity index (χ0) is 15.8. The van der Waals surface area contributed by atoms with E-state index in [-0.39, 0.29) is 24.0 Å². The Morgan fingerprint density at radius 2 is 2.23 bits per heavy atom. The van der Waals surface area contributed by atoms with Crippen LogP contribution in [0, 0.1) is 0 Å². The molecule has 2 fully saturated rings. The van der Waals surface area contributed by atoms with Crippen LogP contribution in [0.4, 0.5) is 4.79 Å². The molecule has 126 valence electrons. The van der Waals surface area contributed by atoms with Gasteiger partial charge in [-0.15, -0.1) is 0 Å². The number of unbranched alkanes of at least 4 members (excludes halogenated alkanes) is 1. The van der Waals surface area contributed by atoms with Gasteiger partial charge in [0, 0.05) is 30.5 Å². The topological polar surface area (TPSA) is 105 Å². The fourth-order valence-electron chi connectivity index (χ4n) is 2.81. The van der Waals surface area contributed by atoms with E-state index in [1.807, 2.05) is 11.8 Å². The molecule has 3 atom stereocenters. The zero-order valence-electron chi connectivity index (χ0n) is 12.8. The lowest BCUT2D eigenvalue weighted by atomic mass is 10.0. The van der Waals surface area contributed by atoms with E-state index in [1.165, 1.54) is 0 Å². The molecule has 5 N–H and O–H groups in total. The quantitative estimate of drug-likeness (QED) is 0.328. The van der Waals surface area contributed by atoms with Gasteiger partial charge in [0.1, 0.15) is 0 Å². The maximum atomic E-state index is 11.6. The first-order valence-corrected chi connectivity index (χ1v) is 8.98. The van der Waals surface area contributed by atoms with Crippen LogP contribution in [0.25, 0.3) is 0 Å². The number of rotatable bonds is 10. The average Bonchev–Trinajstić information content (AvgIpc) is 3.03. The molecule has 7 nitrogen and oxygen atoms in total. The van der Waals surface area contributed by atoms with Crippen LogP contribution in [0.15, 0.2) is 0 Å². The smallest absolute Gasteiger partial charge is 0.315 e. The molecule has 0 radical (unpaired) electrons. The van der Waals surface area contributed by atoms with E-state index in [0.29, 0.717) is 38.0 Å². The maximum absolute atomic E-state index is 11.6. The van der Waals surface area contributed by atoms with Crippen LogP contribution in [-0.2, 0) is 9.53 Å². The minimum absolute atomic E-state index is 0.0449. The molecule has 8 heteroatoms. The van der Waals surface area contributed by atoms with Gasteiger partial charge in [-0.1, -0.05) is 6.42 Å². The number of amides is 3. The summed E-state index contributed by atoms with van der Waals surface area (Å²) >= 11 is 1.91. The highest BCUT2D eigenvalue weighted by molar-refractivity contribution is 8.00. The van der Waals surface area contributed by atoms with Gasteiger partial charge in [-0.25, -0.2) is 4.79 Å². The van der Waals surface area contributed by atoms with Crippen molar-refractivity contribution in [3.63, 3.8) is 0 Å². The average molecular weight is 330 g/mol. The third kappa shape index (κ3) is 5.33. The molecule has 0 aromatic rings. The van der Waals surface area contributed by atoms with Gasteiger partial charge < -0.3 is 26.4 Å². The number of ether oxygens (including phenoxy) is 1. The Hall–Kier alpha value is -0.990. The Morgan fingerprint density at radius 3 is 3.05 bits per heavy atom. The highest BCUT2D eigenvalue weighted by atomic mass is 32.2. The molecule has 2 aliphatic rings. The van der Waals surface area contributed by atoms with Crippen molar-refractivity contribution in [2.24, 2.45) is 5.73 Å². The van der Waals surface area contributed by atoms with Crippen LogP contribution >= 0.6 is 11.8 Å². The predicted molar refractivity (Wildman–Crippen MR) is 86.8 cm³/mol. The predicted octanol–water partition coefficient (Wildman–Crippen LogP) is -0.196. The summed E-state index contributed by atoms with van der Waals surface area (Å²) in [5.74, 6) is 1.06. The maximum Gasteiger partial charge on any atom is 0.315 e. The van der Waals surface area contributed by atoms with Crippen LogP contribution in [0.5, 0.6) is 0 Å². The van der Waals surface area contributed by atoms with E-state index in [4.69, 9.17) is 10.5 Å². The van der Waals surface area contributed by atoms with Crippen molar-refractivity contribution in [3.05, 3.63) is 0 Å². The molecule has 0 bridgehead atoms. The standard InChI is InChI=1S/C14H26N4O3S/c15-5-7-21-8-6-16-12(19)4-2-1-3-11-13-10(9-22-11)17-14(20)18-13/h10-11,13H,1-9,15H2,(H,16,19)(H2,17,18,20)/t10-,11-,13-/m0/s1. The molecule has 0 unspecified atom stereocenters. The third-order valence-corrected chi connectivity index (χ3v) is 5.42. The summed E-state index contributed by atoms with van der Waals surface area (Å²) in [6.07, 6.45) is 3.48. The number of thioether (sulfide) groups is 1. The van der Waals surface area contributed by atoms with E-state index in [2.05, 4.69) is 16.0 Å². The van der Waals surface area contributed by atoms with E-state index in [9.17, 15) is 9.59 Å². The molecule has 2 aliphatic heterocycles. The number of carbonyl (C=O) groups excluding carboxylic acids is 2. The van der Waals surface area contributed by atoms with Gasteiger partial charge in [0.2, 0.25) is 5.91 Å². The number of fused-ring (bicyclic) bond motifs is 1. The molecule has 2 rings (SSSR count). The number of carbonyl (C=O) groups is 2. The first-order valence-electron chi connectivity index (χ1n) is 7.94. The first kappa shape index (κ1) is 17.4. The summed E-state index contributed by atoms with van der Waals surface area (Å²) in [6, 6.07) is 0.488. The first-order chi connectivity index (χ1) is 10.7. The van der Waals surface area contributed by atoms with E-state index >= 15 is 0 Å². The fraction of sp³-hybridized carbons (Fsp3) is 0.857. The van der Waals surface area contributed by atoms with Gasteiger partial charge >= 0.3 is 6.03 Å². The third-order valence-electron chi connectivity index (χ3n) is 3.91. The minimum atomic E-state index is -0.0449. The van der Waals surface area contributed by atoms with Gasteiger partial charge in [0.15, 0.2) is 0 Å². The van der Waals surface area contributed by atoms with E-state index in [1.54, 1.807) is 0 Å². The fourth-order valence-corrected chi connectivity index (χ4v) is 4.35. The number of nitrogens with two attached hydrogens (primary N) is 1. The van der Waals surface area contributed by atoms with Crippen LogP contribution in [0.1, 0.15) is 25.7 Å². The van der Waals surface area contributed by atoms with E-state index in [0.717, 1.165) is 25.0 Å². The Balaban J connectivity index is 1.49. The molecule has 0 aromatic heterocycles. The summed E-state index contributed by atoms with van der Waals surface area (Å²) in [7, 11) is 0. The van der Waals surface area contributed by atoms with Crippen molar-refractivity contribution in [3.8, 4) is 0 Å². The Morgan fingerprint density at radius 1 is 1.36 bits per heavy atom. The number of hydrogen-bond donors (Lipinski definition) is 4. The van der Waals surface area contributed by atoms with Crippen LogP contribution < -0.4 is 21.7 Å². The van der Waals surface area contributed by atoms with Crippen molar-refractivity contribution >= 4 is 23.7 Å². The molecule has 0 aromatic carbocycles. The van der Waals surface area contributed by atoms with E-state index < -0.39 is 0 Å². The number of hydrogen-bond acceptors (Lipinski definition) is 5. The molecule has 0 saturated carbocycles. The second-order valence-corrected chi connectivity index (χ2v) is 6.89. The summed E-state index contributed by atoms with van der Waals surface area (Å²) in [6.45, 7) is 2.09. The molecule has 0 spiro atoms. The summed E-state index contributed by atoms with van der Waals surface area (Å²) < 4.78 is 5.19. The highest BCUT2D eigenvalue weighted by Gasteiger charge is 2.42. The molecular formula is C14H26N4O3S. The normalized spacial score (nSPS) is 26.4. The minimum Gasteiger partial charge on any atom is -0.378 e. The zero-order valence-corrected chi connectivity index (χ0v) is 13.6. The van der Waals surface area contributed by atoms with Crippen LogP contribution in [0.3, 0.4) is 0 Å². The Bertz CT molecular complexity index is 383. The second-order valence-electron chi connectivity index (χ2n) is 5.62. The molecular weight excluding hydrogens is 304 g/mol. The lowest BCUT2D eigenvalue weighted by Gasteiger charge is -2.16. The Kier molecular flexibility index (Phi) is 7.28. The van der Waals surface area contributed by atoms with Gasteiger partial charge in [-0.3, -0.25) is 4.79 Å². The SMILES string of the molecule is NCCOCCNC(=O)CCCC[C@@H]1SC[C@@H]2NC(=O)N[C@@H]21. The van der Waals surface area contributed by atoms with Crippen molar-refractivity contribution in [1.82, 2.24) is 16.0 Å². The van der Waals surface area contributed by atoms with Crippen LogP contribution in [-0.4, -0.2) is 61.3 Å². The van der Waals surface area contributed by atoms with Crippen molar-refractivity contribution < 1.29 is 14.3 Å². The number of urea groups is 1. The van der Waals surface area contributed by atoms with Gasteiger partial charge in [-0.05, 0) is 12.8 Å². The molecule has 2 heterocycles. The Labute approximate surface area is 135 Å². The molecule has 3 amide bonds. The molecule has 22 heavy (non-hydrogen) atoms. The van der Waals surface area contributed by atoms with Gasteiger partial charge in [0.05, 0.1) is 25.3 Å². The largest absolute Gasteiger partial charge is 0.378 e. The van der Waals surface area contributed by atoms with Crippen molar-refractivity contribution in [2.45, 2.75) is 43.0 Å². The van der Waals surface area contributed by atoms with Crippen molar-refractivity contribution in [1.29, 1.82) is 0 Å². The summed E-state index contributed by atoms with van der Waals surface area (Å²) in [4.78, 5) is 22.9. The molecule has 0 aliphatic carbocycles.